The molecule has 0 aliphatic carbocycles. The van der Waals surface area contributed by atoms with Crippen molar-refractivity contribution in [3.05, 3.63) is 87.0 Å². The normalized spacial score (nSPS) is 18.4. The fraction of sp³-hybridized carbons (Fsp3) is 0.240. The molecule has 1 aliphatic heterocycles. The number of thiol groups is 1. The molecule has 0 bridgehead atoms. The Labute approximate surface area is 214 Å². The summed E-state index contributed by atoms with van der Waals surface area (Å²) in [7, 11) is 1.66. The number of allylic oxidation sites excluding steroid dienone is 2. The van der Waals surface area contributed by atoms with E-state index in [1.54, 1.807) is 25.3 Å². The van der Waals surface area contributed by atoms with Gasteiger partial charge in [-0.1, -0.05) is 0 Å². The molecule has 35 heavy (non-hydrogen) atoms. The molecule has 0 fully saturated rings. The number of alkyl halides is 1. The van der Waals surface area contributed by atoms with Gasteiger partial charge in [0.15, 0.2) is 0 Å². The summed E-state index contributed by atoms with van der Waals surface area (Å²) in [4.78, 5) is 4.75. The van der Waals surface area contributed by atoms with E-state index in [1.165, 1.54) is 12.1 Å². The van der Waals surface area contributed by atoms with Crippen LogP contribution in [-0.2, 0) is 15.9 Å². The first-order valence-corrected chi connectivity index (χ1v) is 15.9. The number of hydrogen-bond acceptors (Lipinski definition) is 7. The third-order valence-electron chi connectivity index (χ3n) is 5.41. The monoisotopic (exact) mass is 613 g/mol. The second-order valence-corrected chi connectivity index (χ2v) is 13.3. The van der Waals surface area contributed by atoms with Crippen LogP contribution in [0, 0.1) is 9.39 Å². The van der Waals surface area contributed by atoms with Crippen molar-refractivity contribution < 1.29 is 21.5 Å². The standard InChI is InChI=1S/C25H27FIN3O3.H2OS/c1-3-20(13-17-5-4-6-22(14-17)32-2)29-12-11-21-15-23-25(33-16-27(23,28)31)24(30-21)18-7-9-19(26)10-8-18;1-2/h3-10,14-15,29H,11-13,16H2,1-2H3,(H2,28,31);1-2H. The number of rotatable bonds is 8. The number of nitrogens with zero attached hydrogens (tertiary/aromatic N) is 1. The van der Waals surface area contributed by atoms with E-state index < -0.39 is 18.7 Å². The Bertz CT molecular complexity index is 1240. The van der Waals surface area contributed by atoms with Gasteiger partial charge in [0.05, 0.1) is 7.11 Å². The second-order valence-electron chi connectivity index (χ2n) is 7.72. The Balaban J connectivity index is 0.00000167. The average Bonchev–Trinajstić information content (AvgIpc) is 3.19. The zero-order chi connectivity index (χ0) is 25.4. The zero-order valence-electron chi connectivity index (χ0n) is 19.5. The molecular weight excluding hydrogens is 584 g/mol. The van der Waals surface area contributed by atoms with E-state index in [4.69, 9.17) is 23.0 Å². The molecule has 1 atom stereocenters. The van der Waals surface area contributed by atoms with Crippen LogP contribution in [0.4, 0.5) is 4.39 Å². The van der Waals surface area contributed by atoms with Crippen molar-refractivity contribution in [2.45, 2.75) is 19.8 Å². The topological polar surface area (TPSA) is 107 Å². The van der Waals surface area contributed by atoms with E-state index in [0.717, 1.165) is 29.1 Å². The summed E-state index contributed by atoms with van der Waals surface area (Å²) in [6, 6.07) is 15.8. The summed E-state index contributed by atoms with van der Waals surface area (Å²) in [6.07, 6.45) is 3.40. The third kappa shape index (κ3) is 6.78. The molecular formula is C25H29FIN3O4S. The van der Waals surface area contributed by atoms with E-state index in [2.05, 4.69) is 24.3 Å². The summed E-state index contributed by atoms with van der Waals surface area (Å²) >= 11 is -1.37. The number of ether oxygens (including phenoxy) is 2. The molecule has 1 unspecified atom stereocenters. The molecule has 1 aromatic heterocycles. The molecule has 4 N–H and O–H groups in total. The first-order valence-electron chi connectivity index (χ1n) is 10.8. The van der Waals surface area contributed by atoms with Crippen LogP contribution in [0.1, 0.15) is 18.2 Å². The van der Waals surface area contributed by atoms with Gasteiger partial charge in [-0.15, -0.1) is 0 Å². The first-order chi connectivity index (χ1) is 16.9. The van der Waals surface area contributed by atoms with Crippen molar-refractivity contribution in [2.24, 2.45) is 3.95 Å². The molecule has 0 amide bonds. The van der Waals surface area contributed by atoms with E-state index in [0.29, 0.717) is 33.5 Å². The van der Waals surface area contributed by atoms with Crippen molar-refractivity contribution in [3.8, 4) is 22.8 Å². The van der Waals surface area contributed by atoms with Gasteiger partial charge >= 0.3 is 191 Å². The van der Waals surface area contributed by atoms with Gasteiger partial charge in [0.25, 0.3) is 0 Å². The van der Waals surface area contributed by atoms with Crippen LogP contribution < -0.4 is 18.7 Å². The Kier molecular flexibility index (Phi) is 9.61. The number of fused-ring (bicyclic) bond motifs is 1. The van der Waals surface area contributed by atoms with Crippen molar-refractivity contribution in [3.63, 3.8) is 0 Å². The number of nitrogens with one attached hydrogen (secondary N) is 1. The summed E-state index contributed by atoms with van der Waals surface area (Å²) in [5.41, 5.74) is 4.25. The average molecular weight is 613 g/mol. The van der Waals surface area contributed by atoms with Crippen molar-refractivity contribution >= 4 is 31.6 Å². The molecule has 3 aromatic rings. The predicted molar refractivity (Wildman–Crippen MR) is 146 cm³/mol. The van der Waals surface area contributed by atoms with Crippen molar-refractivity contribution in [1.29, 1.82) is 0 Å². The smallest absolute Gasteiger partial charge is 0.0295 e. The second kappa shape index (κ2) is 12.4. The maximum atomic E-state index is 13.4. The summed E-state index contributed by atoms with van der Waals surface area (Å²) in [6.45, 7) is 2.63. The molecule has 0 saturated carbocycles. The van der Waals surface area contributed by atoms with Crippen LogP contribution in [0.15, 0.2) is 66.4 Å². The third-order valence-corrected chi connectivity index (χ3v) is 9.42. The fourth-order valence-corrected chi connectivity index (χ4v) is 6.91. The molecule has 10 heteroatoms. The molecule has 1 aliphatic rings. The number of methoxy groups -OCH3 is 1. The van der Waals surface area contributed by atoms with Crippen LogP contribution in [0.3, 0.4) is 0 Å². The van der Waals surface area contributed by atoms with Gasteiger partial charge < -0.3 is 4.55 Å². The van der Waals surface area contributed by atoms with Crippen molar-refractivity contribution in [1.82, 2.24) is 10.3 Å². The maximum absolute atomic E-state index is 13.4. The van der Waals surface area contributed by atoms with Crippen LogP contribution >= 0.6 is 31.6 Å². The minimum Gasteiger partial charge on any atom is -0.333 e. The molecule has 4 rings (SSSR count). The maximum Gasteiger partial charge on any atom is -0.0295 e. The minimum atomic E-state index is -3.90. The molecule has 7 nitrogen and oxygen atoms in total. The molecule has 2 heterocycles. The number of nitrogens with two attached hydrogens (primary N) is 1. The number of benzene rings is 2. The van der Waals surface area contributed by atoms with Gasteiger partial charge in [-0.25, -0.2) is 0 Å². The van der Waals surface area contributed by atoms with Gasteiger partial charge in [0.2, 0.25) is 0 Å². The fourth-order valence-electron chi connectivity index (χ4n) is 3.67. The van der Waals surface area contributed by atoms with Crippen LogP contribution in [0.2, 0.25) is 0 Å². The van der Waals surface area contributed by atoms with Gasteiger partial charge in [-0.2, -0.15) is 0 Å². The van der Waals surface area contributed by atoms with Crippen LogP contribution in [-0.4, -0.2) is 27.8 Å². The Morgan fingerprint density at radius 1 is 1.29 bits per heavy atom. The van der Waals surface area contributed by atoms with Gasteiger partial charge in [0.1, 0.15) is 0 Å². The van der Waals surface area contributed by atoms with Crippen LogP contribution in [0.25, 0.3) is 11.3 Å². The quantitative estimate of drug-likeness (QED) is 0.0894. The Morgan fingerprint density at radius 3 is 2.71 bits per heavy atom. The zero-order valence-corrected chi connectivity index (χ0v) is 22.6. The van der Waals surface area contributed by atoms with Crippen LogP contribution in [0.5, 0.6) is 11.5 Å². The van der Waals surface area contributed by atoms with Gasteiger partial charge in [-0.05, 0) is 12.9 Å². The van der Waals surface area contributed by atoms with E-state index >= 15 is 0 Å². The van der Waals surface area contributed by atoms with Gasteiger partial charge in [-0.3, -0.25) is 0 Å². The largest absolute Gasteiger partial charge is 0.333 e. The summed E-state index contributed by atoms with van der Waals surface area (Å²) < 4.78 is 50.7. The molecule has 188 valence electrons. The number of halogens is 2. The van der Waals surface area contributed by atoms with E-state index in [9.17, 15) is 7.46 Å². The Morgan fingerprint density at radius 2 is 2.03 bits per heavy atom. The van der Waals surface area contributed by atoms with Gasteiger partial charge in [0, 0.05) is 0 Å². The molecule has 0 spiro atoms. The molecule has 0 radical (unpaired) electrons. The first kappa shape index (κ1) is 27.1. The number of hydrogen-bond donors (Lipinski definition) is 4. The SMILES string of the molecule is CC=C(Cc1cccc(OC)c1)NCCc1cc2c(c(-c3ccc(F)cc3)n1)OCI2(N)=O.OS. The number of pyridine rings is 1. The molecule has 2 aromatic carbocycles. The Hall–Kier alpha value is -2.54. The number of aromatic nitrogens is 1. The predicted octanol–water partition coefficient (Wildman–Crippen LogP) is 5.34. The van der Waals surface area contributed by atoms with Crippen molar-refractivity contribution in [2.75, 3.05) is 18.3 Å². The summed E-state index contributed by atoms with van der Waals surface area (Å²) in [5.74, 6) is 0.953. The van der Waals surface area contributed by atoms with E-state index in [-0.39, 0.29) is 10.4 Å². The summed E-state index contributed by atoms with van der Waals surface area (Å²) in [5, 5.41) is 3.46. The minimum absolute atomic E-state index is 0.0165. The molecule has 0 saturated heterocycles. The van der Waals surface area contributed by atoms with E-state index in [1.807, 2.05) is 31.2 Å².